The maximum Gasteiger partial charge on any atom is 0.264 e. The fourth-order valence-corrected chi connectivity index (χ4v) is 15.6. The van der Waals surface area contributed by atoms with E-state index in [2.05, 4.69) is 154 Å². The molecule has 3 aliphatic carbocycles. The van der Waals surface area contributed by atoms with E-state index in [1.165, 1.54) is 59.5 Å². The van der Waals surface area contributed by atoms with Crippen molar-refractivity contribution in [3.63, 3.8) is 0 Å². The molecule has 5 aliphatic rings. The average Bonchev–Trinajstić information content (AvgIpc) is 1.71. The second kappa shape index (κ2) is 16.6. The van der Waals surface area contributed by atoms with Gasteiger partial charge in [-0.25, -0.2) is 0 Å². The third-order valence-electron chi connectivity index (χ3n) is 19.2. The van der Waals surface area contributed by atoms with E-state index >= 15 is 0 Å². The quantitative estimate of drug-likeness (QED) is 0.153. The Labute approximate surface area is 467 Å². The first-order valence-corrected chi connectivity index (χ1v) is 28.4. The van der Waals surface area contributed by atoms with Gasteiger partial charge in [-0.1, -0.05) is 168 Å². The molecule has 0 radical (unpaired) electrons. The van der Waals surface area contributed by atoms with Crippen molar-refractivity contribution in [2.45, 2.75) is 174 Å². The van der Waals surface area contributed by atoms with E-state index in [9.17, 15) is 2.74 Å². The summed E-state index contributed by atoms with van der Waals surface area (Å²) in [6.45, 7) is 31.1. The first-order chi connectivity index (χ1) is 39.7. The Balaban J connectivity index is 1.14. The highest BCUT2D eigenvalue weighted by molar-refractivity contribution is 7.33. The molecule has 3 heterocycles. The minimum atomic E-state index is -0.471. The standard InChI is InChI=1S/C71H77BN2S/c1-44-34-60-63-61(35-44)74(50-26-27-52-53(38-50)67(4,5)29-28-66(52,2)3)59-41-56-55(69(8,9)31-32-70(56,10)11)40-58(59)72(63)65-64(51-39-54-57(42-62(51)75-65)71(12,13)33-30-68(54,6)7)73(60)43-49-37-48(46-22-18-15-19-23-46)25-24-47(49)36-45-20-16-14-17-21-45/h14-27,34-35,37-42H,28-33,36,43H2,1-13H3/i14D,15D,16D,17D,18D,19D,20D,21D,22D,23D. The molecule has 4 heteroatoms. The SMILES string of the molecule is [2H]c1c([2H])c([2H])c(Cc2ccc(-c3c([2H])c([2H])c([2H])c([2H])c3[2H])cc2CN2c3cc(C)cc4c3B(c3cc5c(cc3N4c3ccc4c(c3)C(C)(C)CCC4(C)C)C(C)(C)CCC5(C)C)c3sc4cc5c(cc4c32)C(C)(C)CCC5(C)C)c([2H])c1[2H]. The van der Waals surface area contributed by atoms with Gasteiger partial charge in [0.15, 0.2) is 0 Å². The highest BCUT2D eigenvalue weighted by Gasteiger charge is 2.49. The molecular formula is C71H77BN2S. The fraction of sp³-hybridized carbons (Fsp3) is 0.380. The van der Waals surface area contributed by atoms with Crippen LogP contribution in [0, 0.1) is 6.92 Å². The second-order valence-electron chi connectivity index (χ2n) is 27.0. The van der Waals surface area contributed by atoms with Crippen LogP contribution in [0.3, 0.4) is 0 Å². The maximum atomic E-state index is 9.20. The zero-order valence-electron chi connectivity index (χ0n) is 56.5. The van der Waals surface area contributed by atoms with Gasteiger partial charge in [-0.2, -0.15) is 0 Å². The lowest BCUT2D eigenvalue weighted by Gasteiger charge is -2.47. The van der Waals surface area contributed by atoms with Gasteiger partial charge < -0.3 is 9.80 Å². The van der Waals surface area contributed by atoms with Crippen molar-refractivity contribution in [1.29, 1.82) is 0 Å². The smallest absolute Gasteiger partial charge is 0.264 e. The third kappa shape index (κ3) is 7.68. The highest BCUT2D eigenvalue weighted by Crippen LogP contribution is 2.55. The van der Waals surface area contributed by atoms with Crippen molar-refractivity contribution in [3.8, 4) is 11.1 Å². The molecule has 0 saturated carbocycles. The van der Waals surface area contributed by atoms with E-state index in [4.69, 9.17) is 11.0 Å². The predicted octanol–water partition coefficient (Wildman–Crippen LogP) is 17.5. The first-order valence-electron chi connectivity index (χ1n) is 32.6. The molecule has 380 valence electrons. The molecule has 0 saturated heterocycles. The van der Waals surface area contributed by atoms with Crippen molar-refractivity contribution in [2.75, 3.05) is 9.80 Å². The summed E-state index contributed by atoms with van der Waals surface area (Å²) in [4.78, 5) is 5.06. The number of hydrogen-bond donors (Lipinski definition) is 0. The Morgan fingerprint density at radius 2 is 1.05 bits per heavy atom. The average molecular weight is 1010 g/mol. The molecule has 0 N–H and O–H groups in total. The minimum Gasteiger partial charge on any atom is -0.337 e. The Bertz CT molecular complexity index is 4200. The zero-order valence-corrected chi connectivity index (χ0v) is 47.3. The lowest BCUT2D eigenvalue weighted by molar-refractivity contribution is 0.332. The molecule has 0 amide bonds. The normalized spacial score (nSPS) is 21.5. The summed E-state index contributed by atoms with van der Waals surface area (Å²) < 4.78 is 91.1. The summed E-state index contributed by atoms with van der Waals surface area (Å²) in [6, 6.07) is 23.9. The number of hydrogen-bond acceptors (Lipinski definition) is 3. The van der Waals surface area contributed by atoms with Crippen LogP contribution in [0.25, 0.3) is 21.2 Å². The molecule has 13 rings (SSSR count). The number of rotatable bonds is 6. The van der Waals surface area contributed by atoms with Crippen molar-refractivity contribution < 1.29 is 13.7 Å². The summed E-state index contributed by atoms with van der Waals surface area (Å²) in [6.07, 6.45) is 6.47. The van der Waals surface area contributed by atoms with Gasteiger partial charge in [0, 0.05) is 44.2 Å². The molecule has 1 aromatic heterocycles. The number of anilines is 5. The zero-order chi connectivity index (χ0) is 61.1. The van der Waals surface area contributed by atoms with Crippen molar-refractivity contribution in [2.24, 2.45) is 0 Å². The van der Waals surface area contributed by atoms with Crippen LogP contribution in [-0.2, 0) is 45.5 Å². The Hall–Kier alpha value is -5.84. The summed E-state index contributed by atoms with van der Waals surface area (Å²) >= 11 is 1.89. The van der Waals surface area contributed by atoms with Crippen LogP contribution in [0.15, 0.2) is 133 Å². The molecular weight excluding hydrogens is 924 g/mol. The second-order valence-corrected chi connectivity index (χ2v) is 28.1. The molecule has 0 atom stereocenters. The topological polar surface area (TPSA) is 6.48 Å². The largest absolute Gasteiger partial charge is 0.337 e. The van der Waals surface area contributed by atoms with Crippen LogP contribution >= 0.6 is 11.3 Å². The van der Waals surface area contributed by atoms with Crippen molar-refractivity contribution in [1.82, 2.24) is 0 Å². The van der Waals surface area contributed by atoms with Crippen LogP contribution in [-0.4, -0.2) is 6.71 Å². The minimum absolute atomic E-state index is 0.00782. The van der Waals surface area contributed by atoms with Crippen LogP contribution in [0.4, 0.5) is 28.4 Å². The summed E-state index contributed by atoms with van der Waals surface area (Å²) in [5, 5.41) is 1.16. The third-order valence-corrected chi connectivity index (χ3v) is 20.4. The number of aryl methyl sites for hydroxylation is 1. The maximum absolute atomic E-state index is 9.20. The van der Waals surface area contributed by atoms with Crippen LogP contribution in [0.5, 0.6) is 0 Å². The Morgan fingerprint density at radius 3 is 1.69 bits per heavy atom. The van der Waals surface area contributed by atoms with Gasteiger partial charge in [0.05, 0.1) is 19.4 Å². The van der Waals surface area contributed by atoms with Gasteiger partial charge in [0.25, 0.3) is 6.71 Å². The number of fused-ring (bicyclic) bond motifs is 9. The predicted molar refractivity (Wildman–Crippen MR) is 325 cm³/mol. The number of benzene rings is 7. The van der Waals surface area contributed by atoms with Crippen LogP contribution in [0.1, 0.15) is 191 Å². The lowest BCUT2D eigenvalue weighted by atomic mass is 9.35. The number of nitrogens with zero attached hydrogens (tertiary/aromatic N) is 2. The van der Waals surface area contributed by atoms with Gasteiger partial charge in [-0.3, -0.25) is 0 Å². The molecule has 2 aliphatic heterocycles. The van der Waals surface area contributed by atoms with Crippen LogP contribution < -0.4 is 25.5 Å². The van der Waals surface area contributed by atoms with E-state index in [0.717, 1.165) is 77.8 Å². The molecule has 75 heavy (non-hydrogen) atoms. The van der Waals surface area contributed by atoms with E-state index < -0.39 is 36.3 Å². The summed E-state index contributed by atoms with van der Waals surface area (Å²) in [5.74, 6) is 0. The van der Waals surface area contributed by atoms with Crippen molar-refractivity contribution in [3.05, 3.63) is 189 Å². The molecule has 0 fully saturated rings. The fourth-order valence-electron chi connectivity index (χ4n) is 14.2. The van der Waals surface area contributed by atoms with Gasteiger partial charge in [0.2, 0.25) is 0 Å². The van der Waals surface area contributed by atoms with Gasteiger partial charge in [0.1, 0.15) is 0 Å². The summed E-state index contributed by atoms with van der Waals surface area (Å²) in [5.41, 5.74) is 19.3. The number of thiophene rings is 1. The van der Waals surface area contributed by atoms with Gasteiger partial charge in [-0.05, 0) is 211 Å². The molecule has 0 unspecified atom stereocenters. The van der Waals surface area contributed by atoms with E-state index in [-0.39, 0.29) is 87.5 Å². The molecule has 0 spiro atoms. The van der Waals surface area contributed by atoms with E-state index in [1.807, 2.05) is 23.5 Å². The lowest BCUT2D eigenvalue weighted by Crippen LogP contribution is -2.61. The molecule has 7 aromatic carbocycles. The van der Waals surface area contributed by atoms with Crippen molar-refractivity contribution >= 4 is 72.3 Å². The molecule has 8 aromatic rings. The Kier molecular flexibility index (Phi) is 8.55. The van der Waals surface area contributed by atoms with Gasteiger partial charge in [-0.15, -0.1) is 11.3 Å². The first kappa shape index (κ1) is 38.7. The molecule has 0 bridgehead atoms. The highest BCUT2D eigenvalue weighted by atomic mass is 32.1. The summed E-state index contributed by atoms with van der Waals surface area (Å²) in [7, 11) is 0. The molecule has 2 nitrogen and oxygen atoms in total. The Morgan fingerprint density at radius 1 is 0.507 bits per heavy atom. The van der Waals surface area contributed by atoms with E-state index in [0.29, 0.717) is 11.1 Å². The van der Waals surface area contributed by atoms with Gasteiger partial charge >= 0.3 is 0 Å². The van der Waals surface area contributed by atoms with Crippen LogP contribution in [0.2, 0.25) is 0 Å². The monoisotopic (exact) mass is 1010 g/mol. The van der Waals surface area contributed by atoms with E-state index in [1.54, 1.807) is 6.07 Å².